The molecule has 2 aromatic carbocycles. The number of piperidine rings is 1. The van der Waals surface area contributed by atoms with Crippen LogP contribution in [0, 0.1) is 5.92 Å². The van der Waals surface area contributed by atoms with Crippen LogP contribution < -0.4 is 10.2 Å². The first kappa shape index (κ1) is 31.0. The van der Waals surface area contributed by atoms with E-state index in [1.54, 1.807) is 4.90 Å². The van der Waals surface area contributed by atoms with Crippen LogP contribution in [-0.2, 0) is 28.5 Å². The number of anilines is 1. The van der Waals surface area contributed by atoms with Gasteiger partial charge in [-0.25, -0.2) is 0 Å². The minimum atomic E-state index is -0.672. The van der Waals surface area contributed by atoms with Gasteiger partial charge in [0.15, 0.2) is 5.76 Å². The van der Waals surface area contributed by atoms with Gasteiger partial charge in [0.1, 0.15) is 5.54 Å². The van der Waals surface area contributed by atoms with Crippen LogP contribution in [0.1, 0.15) is 37.7 Å². The predicted molar refractivity (Wildman–Crippen MR) is 161 cm³/mol. The number of hydrogen-bond donors (Lipinski definition) is 2. The standard InChI is InChI=1S/C33H43N3O7/c1-2-42-31-27(13-19-40-21-22-41-20-18-37)28(25-9-5-3-6-10-25)23-29(43-31)30(38)35-16-14-33(15-17-35)32(39)34-24-36(33)26-11-7-4-8-12-26/h3-12,23,27-28,31,37H,2,13-22,24H2,1H3,(H,34,39)/t27-,28-,31-/m1/s1. The smallest absolute Gasteiger partial charge is 0.288 e. The van der Waals surface area contributed by atoms with Crippen molar-refractivity contribution in [2.75, 3.05) is 64.3 Å². The molecule has 3 aliphatic heterocycles. The fraction of sp³-hybridized carbons (Fsp3) is 0.515. The van der Waals surface area contributed by atoms with Crippen LogP contribution in [0.25, 0.3) is 0 Å². The minimum absolute atomic E-state index is 0.0125. The van der Waals surface area contributed by atoms with Crippen LogP contribution in [0.3, 0.4) is 0 Å². The molecular formula is C33H43N3O7. The first-order valence-corrected chi connectivity index (χ1v) is 15.3. The Balaban J connectivity index is 1.30. The molecule has 2 aromatic rings. The number of benzene rings is 2. The molecule has 3 aliphatic rings. The van der Waals surface area contributed by atoms with E-state index in [4.69, 9.17) is 24.1 Å². The Morgan fingerprint density at radius 2 is 1.67 bits per heavy atom. The zero-order valence-electron chi connectivity index (χ0n) is 24.9. The molecule has 43 heavy (non-hydrogen) atoms. The minimum Gasteiger partial charge on any atom is -0.459 e. The van der Waals surface area contributed by atoms with Crippen molar-refractivity contribution in [3.63, 3.8) is 0 Å². The highest BCUT2D eigenvalue weighted by Crippen LogP contribution is 2.40. The topological polar surface area (TPSA) is 110 Å². The largest absolute Gasteiger partial charge is 0.459 e. The number of aliphatic hydroxyl groups is 1. The number of ether oxygens (including phenoxy) is 4. The monoisotopic (exact) mass is 593 g/mol. The molecule has 2 N–H and O–H groups in total. The van der Waals surface area contributed by atoms with E-state index in [1.165, 1.54) is 0 Å². The maximum Gasteiger partial charge on any atom is 0.288 e. The third-order valence-corrected chi connectivity index (χ3v) is 8.60. The number of amides is 2. The summed E-state index contributed by atoms with van der Waals surface area (Å²) in [4.78, 5) is 30.9. The van der Waals surface area contributed by atoms with Crippen molar-refractivity contribution in [2.24, 2.45) is 5.92 Å². The van der Waals surface area contributed by atoms with Crippen LogP contribution in [-0.4, -0.2) is 93.0 Å². The molecule has 2 amide bonds. The van der Waals surface area contributed by atoms with Gasteiger partial charge in [-0.05, 0) is 50.0 Å². The number of hydrogen-bond acceptors (Lipinski definition) is 8. The number of rotatable bonds is 13. The van der Waals surface area contributed by atoms with Gasteiger partial charge in [0.2, 0.25) is 12.2 Å². The lowest BCUT2D eigenvalue weighted by Gasteiger charge is -2.44. The van der Waals surface area contributed by atoms with Gasteiger partial charge in [0.25, 0.3) is 5.91 Å². The molecule has 2 fully saturated rings. The fourth-order valence-corrected chi connectivity index (χ4v) is 6.36. The number of para-hydroxylation sites is 1. The van der Waals surface area contributed by atoms with Crippen molar-refractivity contribution in [2.45, 2.75) is 43.9 Å². The summed E-state index contributed by atoms with van der Waals surface area (Å²) in [6.45, 7) is 5.32. The second-order valence-electron chi connectivity index (χ2n) is 11.1. The first-order valence-electron chi connectivity index (χ1n) is 15.3. The molecule has 3 atom stereocenters. The van der Waals surface area contributed by atoms with Crippen molar-refractivity contribution >= 4 is 17.5 Å². The Morgan fingerprint density at radius 1 is 1.00 bits per heavy atom. The van der Waals surface area contributed by atoms with E-state index in [0.717, 1.165) is 11.3 Å². The molecule has 0 radical (unpaired) electrons. The van der Waals surface area contributed by atoms with E-state index in [9.17, 15) is 9.59 Å². The highest BCUT2D eigenvalue weighted by molar-refractivity contribution is 5.95. The number of carbonyl (C=O) groups is 2. The van der Waals surface area contributed by atoms with Gasteiger partial charge >= 0.3 is 0 Å². The third-order valence-electron chi connectivity index (χ3n) is 8.60. The van der Waals surface area contributed by atoms with Gasteiger partial charge in [-0.15, -0.1) is 0 Å². The maximum absolute atomic E-state index is 13.9. The summed E-state index contributed by atoms with van der Waals surface area (Å²) in [5.41, 5.74) is 1.40. The number of aliphatic hydroxyl groups excluding tert-OH is 1. The lowest BCUT2D eigenvalue weighted by Crippen LogP contribution is -2.57. The molecule has 0 bridgehead atoms. The van der Waals surface area contributed by atoms with E-state index < -0.39 is 11.8 Å². The SMILES string of the molecule is CCO[C@@H]1OC(C(=O)N2CCC3(CC2)C(=O)NCN3c2ccccc2)=C[C@H](c2ccccc2)[C@H]1CCOCCOCCO. The summed E-state index contributed by atoms with van der Waals surface area (Å²) < 4.78 is 23.5. The van der Waals surface area contributed by atoms with Crippen LogP contribution in [0.2, 0.25) is 0 Å². The summed E-state index contributed by atoms with van der Waals surface area (Å²) in [5, 5.41) is 11.9. The first-order chi connectivity index (χ1) is 21.1. The summed E-state index contributed by atoms with van der Waals surface area (Å²) in [6, 6.07) is 20.1. The van der Waals surface area contributed by atoms with Gasteiger partial charge in [0, 0.05) is 43.8 Å². The molecule has 0 aliphatic carbocycles. The molecule has 3 heterocycles. The summed E-state index contributed by atoms with van der Waals surface area (Å²) >= 11 is 0. The Hall–Kier alpha value is -3.44. The van der Waals surface area contributed by atoms with E-state index in [1.807, 2.05) is 61.5 Å². The molecule has 0 unspecified atom stereocenters. The van der Waals surface area contributed by atoms with Crippen molar-refractivity contribution in [1.29, 1.82) is 0 Å². The lowest BCUT2D eigenvalue weighted by atomic mass is 9.81. The zero-order chi connectivity index (χ0) is 30.1. The normalized spacial score (nSPS) is 23.2. The van der Waals surface area contributed by atoms with Gasteiger partial charge in [0.05, 0.1) is 33.1 Å². The van der Waals surface area contributed by atoms with E-state index >= 15 is 0 Å². The van der Waals surface area contributed by atoms with Crippen molar-refractivity contribution in [3.8, 4) is 0 Å². The Bertz CT molecular complexity index is 1220. The van der Waals surface area contributed by atoms with Crippen LogP contribution in [0.4, 0.5) is 5.69 Å². The average Bonchev–Trinajstić information content (AvgIpc) is 3.36. The van der Waals surface area contributed by atoms with Crippen LogP contribution in [0.15, 0.2) is 72.5 Å². The van der Waals surface area contributed by atoms with Crippen LogP contribution >= 0.6 is 0 Å². The van der Waals surface area contributed by atoms with E-state index in [0.29, 0.717) is 72.1 Å². The molecule has 2 saturated heterocycles. The summed E-state index contributed by atoms with van der Waals surface area (Å²) in [5.74, 6) is -0.0508. The van der Waals surface area contributed by atoms with Gasteiger partial charge < -0.3 is 39.2 Å². The Morgan fingerprint density at radius 3 is 2.35 bits per heavy atom. The van der Waals surface area contributed by atoms with Crippen LogP contribution in [0.5, 0.6) is 0 Å². The second kappa shape index (κ2) is 14.8. The molecule has 0 aromatic heterocycles. The number of nitrogens with one attached hydrogen (secondary N) is 1. The zero-order valence-corrected chi connectivity index (χ0v) is 24.9. The number of likely N-dealkylation sites (tertiary alicyclic amines) is 1. The summed E-state index contributed by atoms with van der Waals surface area (Å²) in [7, 11) is 0. The van der Waals surface area contributed by atoms with Gasteiger partial charge in [-0.1, -0.05) is 48.5 Å². The molecule has 5 rings (SSSR count). The highest BCUT2D eigenvalue weighted by atomic mass is 16.7. The van der Waals surface area contributed by atoms with E-state index in [2.05, 4.69) is 22.3 Å². The van der Waals surface area contributed by atoms with Crippen molar-refractivity contribution < 1.29 is 33.6 Å². The molecule has 10 nitrogen and oxygen atoms in total. The van der Waals surface area contributed by atoms with Crippen molar-refractivity contribution in [1.82, 2.24) is 10.2 Å². The van der Waals surface area contributed by atoms with E-state index in [-0.39, 0.29) is 36.0 Å². The molecular weight excluding hydrogens is 550 g/mol. The molecule has 1 spiro atoms. The Kier molecular flexibility index (Phi) is 10.7. The lowest BCUT2D eigenvalue weighted by molar-refractivity contribution is -0.172. The highest BCUT2D eigenvalue weighted by Gasteiger charge is 2.51. The average molecular weight is 594 g/mol. The predicted octanol–water partition coefficient (Wildman–Crippen LogP) is 3.03. The molecule has 232 valence electrons. The summed E-state index contributed by atoms with van der Waals surface area (Å²) in [6.07, 6.45) is 3.06. The quantitative estimate of drug-likeness (QED) is 0.341. The third kappa shape index (κ3) is 7.04. The number of allylic oxidation sites excluding steroid dienone is 1. The number of nitrogens with zero attached hydrogens (tertiary/aromatic N) is 2. The molecule has 10 heteroatoms. The second-order valence-corrected chi connectivity index (χ2v) is 11.1. The maximum atomic E-state index is 13.9. The Labute approximate surface area is 253 Å². The van der Waals surface area contributed by atoms with Gasteiger partial charge in [-0.3, -0.25) is 9.59 Å². The van der Waals surface area contributed by atoms with Gasteiger partial charge in [-0.2, -0.15) is 0 Å². The molecule has 0 saturated carbocycles. The number of carbonyl (C=O) groups excluding carboxylic acids is 2. The van der Waals surface area contributed by atoms with Crippen molar-refractivity contribution in [3.05, 3.63) is 78.1 Å². The fourth-order valence-electron chi connectivity index (χ4n) is 6.36.